The molecule has 0 aliphatic rings. The maximum Gasteiger partial charge on any atom is 0.404 e. The highest BCUT2D eigenvalue weighted by molar-refractivity contribution is 5.90. The van der Waals surface area contributed by atoms with E-state index in [-0.39, 0.29) is 18.0 Å². The Kier molecular flexibility index (Phi) is 6.71. The largest absolute Gasteiger partial charge is 0.491 e. The summed E-state index contributed by atoms with van der Waals surface area (Å²) >= 11 is 0. The molecule has 2 N–H and O–H groups in total. The first kappa shape index (κ1) is 21.4. The first-order chi connectivity index (χ1) is 14.4. The molecule has 0 radical (unpaired) electrons. The molecular formula is C21H27N5O4. The highest BCUT2D eigenvalue weighted by Crippen LogP contribution is 2.30. The van der Waals surface area contributed by atoms with Gasteiger partial charge in [0.05, 0.1) is 42.3 Å². The summed E-state index contributed by atoms with van der Waals surface area (Å²) in [4.78, 5) is 24.5. The normalized spacial score (nSPS) is 11.2. The molecule has 1 aromatic carbocycles. The Bertz CT molecular complexity index is 1070. The molecule has 9 nitrogen and oxygen atoms in total. The summed E-state index contributed by atoms with van der Waals surface area (Å²) in [5, 5.41) is 20.5. The van der Waals surface area contributed by atoms with Crippen LogP contribution in [0.2, 0.25) is 0 Å². The molecule has 1 amide bonds. The molecule has 160 valence electrons. The molecule has 0 saturated heterocycles. The van der Waals surface area contributed by atoms with Gasteiger partial charge >= 0.3 is 6.09 Å². The number of aromatic nitrogens is 4. The monoisotopic (exact) mass is 413 g/mol. The third-order valence-electron chi connectivity index (χ3n) is 4.70. The maximum absolute atomic E-state index is 13.3. The van der Waals surface area contributed by atoms with E-state index < -0.39 is 6.09 Å². The first-order valence-corrected chi connectivity index (χ1v) is 10.1. The zero-order chi connectivity index (χ0) is 21.7. The third-order valence-corrected chi connectivity index (χ3v) is 4.70. The van der Waals surface area contributed by atoms with Crippen LogP contribution in [0.3, 0.4) is 0 Å². The minimum Gasteiger partial charge on any atom is -0.491 e. The van der Waals surface area contributed by atoms with Crippen LogP contribution in [0.5, 0.6) is 5.75 Å². The van der Waals surface area contributed by atoms with Crippen LogP contribution in [0.25, 0.3) is 16.5 Å². The van der Waals surface area contributed by atoms with E-state index in [1.807, 2.05) is 26.0 Å². The van der Waals surface area contributed by atoms with Gasteiger partial charge in [-0.2, -0.15) is 0 Å². The number of hydrogen-bond donors (Lipinski definition) is 2. The van der Waals surface area contributed by atoms with Gasteiger partial charge in [0.2, 0.25) is 0 Å². The molecule has 0 saturated carbocycles. The van der Waals surface area contributed by atoms with E-state index in [2.05, 4.69) is 22.6 Å². The molecule has 0 aliphatic heterocycles. The van der Waals surface area contributed by atoms with Crippen molar-refractivity contribution in [1.82, 2.24) is 24.9 Å². The molecule has 2 heterocycles. The van der Waals surface area contributed by atoms with Gasteiger partial charge in [-0.3, -0.25) is 4.79 Å². The van der Waals surface area contributed by atoms with E-state index in [1.165, 1.54) is 0 Å². The molecular weight excluding hydrogens is 386 g/mol. The summed E-state index contributed by atoms with van der Waals surface area (Å²) in [5.74, 6) is 0.719. The number of rotatable bonds is 9. The maximum atomic E-state index is 13.3. The number of carbonyl (C=O) groups is 1. The average molecular weight is 413 g/mol. The van der Waals surface area contributed by atoms with Crippen molar-refractivity contribution in [3.63, 3.8) is 0 Å². The molecule has 3 rings (SSSR count). The van der Waals surface area contributed by atoms with Gasteiger partial charge in [-0.15, -0.1) is 5.10 Å². The van der Waals surface area contributed by atoms with E-state index in [9.17, 15) is 9.59 Å². The van der Waals surface area contributed by atoms with E-state index in [4.69, 9.17) is 9.84 Å². The fourth-order valence-corrected chi connectivity index (χ4v) is 3.31. The fourth-order valence-electron chi connectivity index (χ4n) is 3.31. The molecule has 9 heteroatoms. The van der Waals surface area contributed by atoms with Crippen molar-refractivity contribution in [1.29, 1.82) is 0 Å². The Balaban J connectivity index is 2.26. The summed E-state index contributed by atoms with van der Waals surface area (Å²) in [6, 6.07) is 5.40. The second kappa shape index (κ2) is 9.43. The molecule has 0 bridgehead atoms. The number of hydrogen-bond acceptors (Lipinski definition) is 5. The zero-order valence-electron chi connectivity index (χ0n) is 17.5. The van der Waals surface area contributed by atoms with Gasteiger partial charge in [-0.1, -0.05) is 32.4 Å². The van der Waals surface area contributed by atoms with Crippen molar-refractivity contribution in [2.45, 2.75) is 46.7 Å². The lowest BCUT2D eigenvalue weighted by atomic mass is 10.1. The van der Waals surface area contributed by atoms with Crippen molar-refractivity contribution in [2.75, 3.05) is 6.61 Å². The van der Waals surface area contributed by atoms with Crippen molar-refractivity contribution < 1.29 is 14.6 Å². The Morgan fingerprint density at radius 2 is 2.10 bits per heavy atom. The van der Waals surface area contributed by atoms with E-state index in [0.29, 0.717) is 35.4 Å². The fraction of sp³-hybridized carbons (Fsp3) is 0.429. The summed E-state index contributed by atoms with van der Waals surface area (Å²) in [6.45, 7) is 6.99. The average Bonchev–Trinajstić information content (AvgIpc) is 3.24. The van der Waals surface area contributed by atoms with Gasteiger partial charge in [0, 0.05) is 11.9 Å². The number of unbranched alkanes of at least 4 members (excludes halogenated alkanes) is 1. The Hall–Kier alpha value is -3.36. The second-order valence-electron chi connectivity index (χ2n) is 7.52. The van der Waals surface area contributed by atoms with Gasteiger partial charge in [0.15, 0.2) is 0 Å². The summed E-state index contributed by atoms with van der Waals surface area (Å²) in [7, 11) is 0. The molecule has 0 atom stereocenters. The lowest BCUT2D eigenvalue weighted by Crippen LogP contribution is -2.31. The number of fused-ring (bicyclic) bond motifs is 1. The zero-order valence-corrected chi connectivity index (χ0v) is 17.5. The van der Waals surface area contributed by atoms with Crippen LogP contribution in [-0.2, 0) is 13.1 Å². The van der Waals surface area contributed by atoms with Crippen LogP contribution < -0.4 is 15.6 Å². The predicted molar refractivity (Wildman–Crippen MR) is 113 cm³/mol. The summed E-state index contributed by atoms with van der Waals surface area (Å²) in [6.07, 6.45) is 3.93. The first-order valence-electron chi connectivity index (χ1n) is 10.1. The third kappa shape index (κ3) is 4.61. The van der Waals surface area contributed by atoms with Crippen molar-refractivity contribution in [3.8, 4) is 11.4 Å². The van der Waals surface area contributed by atoms with Gasteiger partial charge in [-0.25, -0.2) is 9.48 Å². The molecule has 2 aromatic heterocycles. The van der Waals surface area contributed by atoms with Crippen LogP contribution >= 0.6 is 0 Å². The number of carboxylic acid groups (broad SMARTS) is 1. The number of benzene rings is 1. The molecule has 3 aromatic rings. The standard InChI is InChI=1S/C21H27N5O4/c1-4-5-10-30-19-17-11-15(26-9-8-23-24-26)6-7-16(17)20(27)25(13-14(2)3)18(19)12-22-21(28)29/h6-9,11,14,22H,4-5,10,12-13H2,1-3H3,(H,28,29). The number of ether oxygens (including phenoxy) is 1. The molecule has 0 unspecified atom stereocenters. The SMILES string of the molecule is CCCCOc1c(CNC(=O)O)n(CC(C)C)c(=O)c2ccc(-n3ccnn3)cc12. The van der Waals surface area contributed by atoms with Crippen molar-refractivity contribution in [2.24, 2.45) is 5.92 Å². The Labute approximate surface area is 174 Å². The van der Waals surface area contributed by atoms with Gasteiger partial charge in [-0.05, 0) is 30.5 Å². The lowest BCUT2D eigenvalue weighted by molar-refractivity contribution is 0.193. The molecule has 30 heavy (non-hydrogen) atoms. The van der Waals surface area contributed by atoms with Gasteiger partial charge < -0.3 is 19.7 Å². The number of nitrogens with zero attached hydrogens (tertiary/aromatic N) is 4. The number of nitrogens with one attached hydrogen (secondary N) is 1. The predicted octanol–water partition coefficient (Wildman–Crippen LogP) is 3.18. The van der Waals surface area contributed by atoms with Gasteiger partial charge in [0.1, 0.15) is 5.75 Å². The minimum atomic E-state index is -1.16. The van der Waals surface area contributed by atoms with Gasteiger partial charge in [0.25, 0.3) is 5.56 Å². The second-order valence-corrected chi connectivity index (χ2v) is 7.52. The Morgan fingerprint density at radius 3 is 2.73 bits per heavy atom. The topological polar surface area (TPSA) is 111 Å². The lowest BCUT2D eigenvalue weighted by Gasteiger charge is -2.21. The molecule has 0 fully saturated rings. The van der Waals surface area contributed by atoms with Crippen LogP contribution in [0.1, 0.15) is 39.3 Å². The van der Waals surface area contributed by atoms with E-state index >= 15 is 0 Å². The Morgan fingerprint density at radius 1 is 1.30 bits per heavy atom. The highest BCUT2D eigenvalue weighted by Gasteiger charge is 2.20. The molecule has 0 spiro atoms. The highest BCUT2D eigenvalue weighted by atomic mass is 16.5. The number of amides is 1. The number of pyridine rings is 1. The van der Waals surface area contributed by atoms with Crippen LogP contribution in [0, 0.1) is 5.92 Å². The van der Waals surface area contributed by atoms with Crippen molar-refractivity contribution in [3.05, 3.63) is 46.6 Å². The minimum absolute atomic E-state index is 0.0256. The van der Waals surface area contributed by atoms with Crippen LogP contribution in [-0.4, -0.2) is 37.4 Å². The summed E-state index contributed by atoms with van der Waals surface area (Å²) < 4.78 is 9.36. The van der Waals surface area contributed by atoms with Crippen LogP contribution in [0.15, 0.2) is 35.4 Å². The smallest absolute Gasteiger partial charge is 0.404 e. The van der Waals surface area contributed by atoms with Crippen molar-refractivity contribution >= 4 is 16.9 Å². The van der Waals surface area contributed by atoms with E-state index in [0.717, 1.165) is 18.5 Å². The molecule has 0 aliphatic carbocycles. The quantitative estimate of drug-likeness (QED) is 0.521. The van der Waals surface area contributed by atoms with Crippen LogP contribution in [0.4, 0.5) is 4.79 Å². The summed E-state index contributed by atoms with van der Waals surface area (Å²) in [5.41, 5.74) is 1.09. The van der Waals surface area contributed by atoms with E-state index in [1.54, 1.807) is 27.7 Å².